The van der Waals surface area contributed by atoms with Crippen LogP contribution in [0.25, 0.3) is 0 Å². The Labute approximate surface area is 91.8 Å². The topological polar surface area (TPSA) is 34.4 Å². The molecule has 86 valence electrons. The number of aryl methyl sites for hydroxylation is 1. The number of furan rings is 1. The summed E-state index contributed by atoms with van der Waals surface area (Å²) in [5.74, 6) is 1.95. The summed E-state index contributed by atoms with van der Waals surface area (Å²) in [6, 6.07) is 2.05. The van der Waals surface area contributed by atoms with Gasteiger partial charge in [-0.2, -0.15) is 0 Å². The van der Waals surface area contributed by atoms with Crippen LogP contribution in [0.4, 0.5) is 0 Å². The van der Waals surface area contributed by atoms with E-state index < -0.39 is 0 Å². The summed E-state index contributed by atoms with van der Waals surface area (Å²) in [5.41, 5.74) is 1.20. The Kier molecular flexibility index (Phi) is 5.43. The van der Waals surface area contributed by atoms with E-state index in [1.165, 1.54) is 5.56 Å². The van der Waals surface area contributed by atoms with Crippen molar-refractivity contribution in [1.82, 2.24) is 5.32 Å². The Morgan fingerprint density at radius 2 is 2.20 bits per heavy atom. The lowest BCUT2D eigenvalue weighted by atomic mass is 10.2. The van der Waals surface area contributed by atoms with E-state index in [9.17, 15) is 0 Å². The summed E-state index contributed by atoms with van der Waals surface area (Å²) in [5, 5.41) is 3.33. The van der Waals surface area contributed by atoms with Gasteiger partial charge in [-0.1, -0.05) is 6.92 Å². The largest absolute Gasteiger partial charge is 0.462 e. The Balaban J connectivity index is 2.45. The molecule has 1 heterocycles. The molecule has 1 aromatic rings. The van der Waals surface area contributed by atoms with Gasteiger partial charge in [0.05, 0.1) is 6.54 Å². The first-order valence-electron chi connectivity index (χ1n) is 5.64. The average molecular weight is 211 g/mol. The van der Waals surface area contributed by atoms with Crippen LogP contribution < -0.4 is 5.32 Å². The highest BCUT2D eigenvalue weighted by atomic mass is 16.5. The highest BCUT2D eigenvalue weighted by molar-refractivity contribution is 5.19. The maximum absolute atomic E-state index is 5.68. The van der Waals surface area contributed by atoms with Crippen LogP contribution in [0.3, 0.4) is 0 Å². The summed E-state index contributed by atoms with van der Waals surface area (Å²) in [4.78, 5) is 0. The molecule has 0 saturated heterocycles. The van der Waals surface area contributed by atoms with Crippen molar-refractivity contribution in [3.8, 4) is 0 Å². The molecule has 0 radical (unpaired) electrons. The molecule has 0 aliphatic carbocycles. The maximum Gasteiger partial charge on any atom is 0.130 e. The minimum atomic E-state index is 0.575. The lowest BCUT2D eigenvalue weighted by Crippen LogP contribution is -2.13. The molecule has 0 fully saturated rings. The van der Waals surface area contributed by atoms with Gasteiger partial charge in [0.25, 0.3) is 0 Å². The van der Waals surface area contributed by atoms with Crippen molar-refractivity contribution in [1.29, 1.82) is 0 Å². The minimum absolute atomic E-state index is 0.575. The van der Waals surface area contributed by atoms with Crippen LogP contribution in [0.1, 0.15) is 37.4 Å². The molecule has 1 rings (SSSR count). The molecule has 15 heavy (non-hydrogen) atoms. The molecule has 0 aliphatic heterocycles. The number of hydrogen-bond donors (Lipinski definition) is 1. The Morgan fingerprint density at radius 3 is 2.87 bits per heavy atom. The molecule has 0 saturated carbocycles. The number of rotatable bonds is 7. The van der Waals surface area contributed by atoms with Crippen molar-refractivity contribution in [2.24, 2.45) is 0 Å². The Morgan fingerprint density at radius 1 is 1.40 bits per heavy atom. The van der Waals surface area contributed by atoms with Crippen LogP contribution in [-0.2, 0) is 17.9 Å². The molecule has 1 N–H and O–H groups in total. The highest BCUT2D eigenvalue weighted by Gasteiger charge is 2.06. The lowest BCUT2D eigenvalue weighted by molar-refractivity contribution is 0.117. The number of ether oxygens (including phenoxy) is 1. The number of hydrogen-bond acceptors (Lipinski definition) is 3. The van der Waals surface area contributed by atoms with Gasteiger partial charge in [-0.3, -0.25) is 0 Å². The molecular weight excluding hydrogens is 190 g/mol. The third-order valence-electron chi connectivity index (χ3n) is 2.23. The second-order valence-electron chi connectivity index (χ2n) is 3.63. The smallest absolute Gasteiger partial charge is 0.130 e. The molecular formula is C12H21NO2. The quantitative estimate of drug-likeness (QED) is 0.704. The van der Waals surface area contributed by atoms with Crippen LogP contribution in [0.2, 0.25) is 0 Å². The predicted molar refractivity (Wildman–Crippen MR) is 60.8 cm³/mol. The SMILES string of the molecule is CCCNCc1oc(COCC)cc1C. The fourth-order valence-corrected chi connectivity index (χ4v) is 1.42. The first-order chi connectivity index (χ1) is 7.27. The van der Waals surface area contributed by atoms with Crippen molar-refractivity contribution in [3.63, 3.8) is 0 Å². The first kappa shape index (κ1) is 12.3. The van der Waals surface area contributed by atoms with Gasteiger partial charge in [-0.25, -0.2) is 0 Å². The summed E-state index contributed by atoms with van der Waals surface area (Å²) in [6.45, 7) is 9.35. The van der Waals surface area contributed by atoms with Gasteiger partial charge in [0.15, 0.2) is 0 Å². The zero-order chi connectivity index (χ0) is 11.1. The van der Waals surface area contributed by atoms with E-state index in [0.29, 0.717) is 6.61 Å². The van der Waals surface area contributed by atoms with Crippen molar-refractivity contribution in [2.75, 3.05) is 13.2 Å². The van der Waals surface area contributed by atoms with Crippen molar-refractivity contribution < 1.29 is 9.15 Å². The Hall–Kier alpha value is -0.800. The van der Waals surface area contributed by atoms with Gasteiger partial charge in [0, 0.05) is 6.61 Å². The standard InChI is InChI=1S/C12H21NO2/c1-4-6-13-8-12-10(3)7-11(15-12)9-14-5-2/h7,13H,4-6,8-9H2,1-3H3. The van der Waals surface area contributed by atoms with Crippen molar-refractivity contribution >= 4 is 0 Å². The molecule has 0 bridgehead atoms. The molecule has 0 unspecified atom stereocenters. The Bertz CT molecular complexity index is 281. The van der Waals surface area contributed by atoms with Gasteiger partial charge in [0.2, 0.25) is 0 Å². The van der Waals surface area contributed by atoms with Crippen LogP contribution in [0, 0.1) is 6.92 Å². The summed E-state index contributed by atoms with van der Waals surface area (Å²) >= 11 is 0. The maximum atomic E-state index is 5.68. The zero-order valence-corrected chi connectivity index (χ0v) is 9.93. The monoisotopic (exact) mass is 211 g/mol. The van der Waals surface area contributed by atoms with Crippen LogP contribution in [0.5, 0.6) is 0 Å². The predicted octanol–water partition coefficient (Wildman–Crippen LogP) is 2.62. The van der Waals surface area contributed by atoms with E-state index >= 15 is 0 Å². The zero-order valence-electron chi connectivity index (χ0n) is 9.93. The van der Waals surface area contributed by atoms with E-state index in [4.69, 9.17) is 9.15 Å². The molecule has 3 heteroatoms. The highest BCUT2D eigenvalue weighted by Crippen LogP contribution is 2.15. The average Bonchev–Trinajstić information content (AvgIpc) is 2.57. The molecule has 0 atom stereocenters. The third-order valence-corrected chi connectivity index (χ3v) is 2.23. The third kappa shape index (κ3) is 4.06. The summed E-state index contributed by atoms with van der Waals surface area (Å²) in [6.07, 6.45) is 1.14. The van der Waals surface area contributed by atoms with E-state index in [1.807, 2.05) is 6.92 Å². The summed E-state index contributed by atoms with van der Waals surface area (Å²) < 4.78 is 11.0. The first-order valence-corrected chi connectivity index (χ1v) is 5.64. The van der Waals surface area contributed by atoms with Gasteiger partial charge in [-0.05, 0) is 38.4 Å². The molecule has 3 nitrogen and oxygen atoms in total. The molecule has 0 aromatic carbocycles. The summed E-state index contributed by atoms with van der Waals surface area (Å²) in [7, 11) is 0. The van der Waals surface area contributed by atoms with Gasteiger partial charge in [-0.15, -0.1) is 0 Å². The van der Waals surface area contributed by atoms with Crippen LogP contribution in [0.15, 0.2) is 10.5 Å². The van der Waals surface area contributed by atoms with Gasteiger partial charge < -0.3 is 14.5 Å². The molecule has 0 spiro atoms. The van der Waals surface area contributed by atoms with E-state index in [1.54, 1.807) is 0 Å². The van der Waals surface area contributed by atoms with E-state index in [0.717, 1.165) is 37.6 Å². The van der Waals surface area contributed by atoms with Gasteiger partial charge in [0.1, 0.15) is 18.1 Å². The second-order valence-corrected chi connectivity index (χ2v) is 3.63. The van der Waals surface area contributed by atoms with Crippen molar-refractivity contribution in [3.05, 3.63) is 23.2 Å². The molecule has 0 amide bonds. The fourth-order valence-electron chi connectivity index (χ4n) is 1.42. The molecule has 0 aliphatic rings. The van der Waals surface area contributed by atoms with Crippen LogP contribution in [-0.4, -0.2) is 13.2 Å². The molecule has 1 aromatic heterocycles. The lowest BCUT2D eigenvalue weighted by Gasteiger charge is -2.01. The van der Waals surface area contributed by atoms with E-state index in [2.05, 4.69) is 25.2 Å². The van der Waals surface area contributed by atoms with Gasteiger partial charge >= 0.3 is 0 Å². The fraction of sp³-hybridized carbons (Fsp3) is 0.667. The number of nitrogens with one attached hydrogen (secondary N) is 1. The normalized spacial score (nSPS) is 10.9. The van der Waals surface area contributed by atoms with Crippen molar-refractivity contribution in [2.45, 2.75) is 40.3 Å². The van der Waals surface area contributed by atoms with Crippen LogP contribution >= 0.6 is 0 Å². The minimum Gasteiger partial charge on any atom is -0.462 e. The second kappa shape index (κ2) is 6.64. The van der Waals surface area contributed by atoms with E-state index in [-0.39, 0.29) is 0 Å².